The number of ketones is 1. The van der Waals surface area contributed by atoms with Crippen molar-refractivity contribution >= 4 is 34.5 Å². The number of hydrogen-bond acceptors (Lipinski definition) is 5. The van der Waals surface area contributed by atoms with Crippen LogP contribution in [0.3, 0.4) is 0 Å². The van der Waals surface area contributed by atoms with Crippen LogP contribution < -0.4 is 4.90 Å². The van der Waals surface area contributed by atoms with E-state index >= 15 is 0 Å². The number of aliphatic hydroxyl groups is 1. The number of phenolic OH excluding ortho intramolecular Hbond substituents is 1. The molecule has 0 saturated carbocycles. The van der Waals surface area contributed by atoms with E-state index in [9.17, 15) is 19.8 Å². The fourth-order valence-corrected chi connectivity index (χ4v) is 5.18. The Morgan fingerprint density at radius 2 is 1.70 bits per heavy atom. The highest BCUT2D eigenvalue weighted by molar-refractivity contribution is 7.10. The minimum Gasteiger partial charge on any atom is -0.507 e. The molecule has 0 bridgehead atoms. The maximum Gasteiger partial charge on any atom is 0.300 e. The Labute approximate surface area is 197 Å². The molecule has 1 fully saturated rings. The zero-order valence-corrected chi connectivity index (χ0v) is 20.2. The van der Waals surface area contributed by atoms with E-state index in [0.29, 0.717) is 5.56 Å². The molecule has 0 radical (unpaired) electrons. The van der Waals surface area contributed by atoms with Crippen molar-refractivity contribution in [1.82, 2.24) is 0 Å². The van der Waals surface area contributed by atoms with Crippen LogP contribution in [0.1, 0.15) is 53.9 Å². The Morgan fingerprint density at radius 1 is 1.00 bits per heavy atom. The van der Waals surface area contributed by atoms with E-state index in [1.807, 2.05) is 43.5 Å². The Hall–Kier alpha value is -3.38. The van der Waals surface area contributed by atoms with Gasteiger partial charge in [0.2, 0.25) is 0 Å². The van der Waals surface area contributed by atoms with Crippen LogP contribution in [0.25, 0.3) is 5.76 Å². The first-order valence-electron chi connectivity index (χ1n) is 10.8. The van der Waals surface area contributed by atoms with E-state index in [4.69, 9.17) is 0 Å². The number of phenols is 1. The first kappa shape index (κ1) is 22.8. The standard InChI is InChI=1S/C27H27NO4S/c1-15-10-11-17(27(3,4)5)14-18(15)23(30)21-22(25-16(2)12-13-33-25)28(26(32)24(21)31)19-8-6-7-9-20(19)29/h6-14,22,29-30H,1-5H3/b23-21+. The lowest BCUT2D eigenvalue weighted by atomic mass is 9.84. The van der Waals surface area contributed by atoms with E-state index in [-0.39, 0.29) is 28.2 Å². The number of carbonyl (C=O) groups excluding carboxylic acids is 2. The zero-order valence-electron chi connectivity index (χ0n) is 19.3. The lowest BCUT2D eigenvalue weighted by Gasteiger charge is -2.26. The number of Topliss-reactive ketones (excluding diaryl/α,β-unsaturated/α-hetero) is 1. The molecule has 1 unspecified atom stereocenters. The number of aryl methyl sites for hydroxylation is 2. The molecule has 1 atom stereocenters. The second kappa shape index (κ2) is 8.19. The number of carbonyl (C=O) groups is 2. The predicted octanol–water partition coefficient (Wildman–Crippen LogP) is 5.99. The number of anilines is 1. The molecule has 1 aromatic heterocycles. The van der Waals surface area contributed by atoms with E-state index < -0.39 is 17.7 Å². The lowest BCUT2D eigenvalue weighted by molar-refractivity contribution is -0.132. The summed E-state index contributed by atoms with van der Waals surface area (Å²) >= 11 is 1.41. The van der Waals surface area contributed by atoms with Crippen molar-refractivity contribution in [2.45, 2.75) is 46.1 Å². The van der Waals surface area contributed by atoms with Gasteiger partial charge in [0.05, 0.1) is 11.3 Å². The molecule has 5 nitrogen and oxygen atoms in total. The smallest absolute Gasteiger partial charge is 0.300 e. The van der Waals surface area contributed by atoms with E-state index in [1.54, 1.807) is 18.2 Å². The van der Waals surface area contributed by atoms with E-state index in [0.717, 1.165) is 21.6 Å². The van der Waals surface area contributed by atoms with Crippen molar-refractivity contribution in [3.8, 4) is 5.75 Å². The van der Waals surface area contributed by atoms with Crippen LogP contribution in [0.2, 0.25) is 0 Å². The van der Waals surface area contributed by atoms with Crippen molar-refractivity contribution in [2.75, 3.05) is 4.90 Å². The summed E-state index contributed by atoms with van der Waals surface area (Å²) in [5, 5.41) is 23.9. The molecule has 2 heterocycles. The molecule has 2 aromatic carbocycles. The van der Waals surface area contributed by atoms with Gasteiger partial charge in [-0.05, 0) is 65.6 Å². The van der Waals surface area contributed by atoms with Gasteiger partial charge in [0.25, 0.3) is 11.7 Å². The largest absolute Gasteiger partial charge is 0.507 e. The molecule has 3 aromatic rings. The fraction of sp³-hybridized carbons (Fsp3) is 0.259. The molecule has 4 rings (SSSR count). The van der Waals surface area contributed by atoms with Gasteiger partial charge in [-0.15, -0.1) is 11.3 Å². The monoisotopic (exact) mass is 461 g/mol. The average Bonchev–Trinajstić information content (AvgIpc) is 3.28. The molecular weight excluding hydrogens is 434 g/mol. The van der Waals surface area contributed by atoms with Gasteiger partial charge in [0.15, 0.2) is 0 Å². The summed E-state index contributed by atoms with van der Waals surface area (Å²) in [7, 11) is 0. The van der Waals surface area contributed by atoms with Crippen LogP contribution >= 0.6 is 11.3 Å². The summed E-state index contributed by atoms with van der Waals surface area (Å²) in [5.74, 6) is -1.85. The van der Waals surface area contributed by atoms with Gasteiger partial charge in [-0.1, -0.05) is 45.0 Å². The van der Waals surface area contributed by atoms with Crippen molar-refractivity contribution in [1.29, 1.82) is 0 Å². The molecule has 1 saturated heterocycles. The number of rotatable bonds is 3. The Morgan fingerprint density at radius 3 is 2.30 bits per heavy atom. The number of nitrogens with zero attached hydrogens (tertiary/aromatic N) is 1. The number of thiophene rings is 1. The summed E-state index contributed by atoms with van der Waals surface area (Å²) in [6.07, 6.45) is 0. The van der Waals surface area contributed by atoms with Gasteiger partial charge in [0.1, 0.15) is 17.6 Å². The first-order chi connectivity index (χ1) is 15.5. The van der Waals surface area contributed by atoms with Gasteiger partial charge in [-0.3, -0.25) is 14.5 Å². The summed E-state index contributed by atoms with van der Waals surface area (Å²) in [5.41, 5.74) is 3.34. The minimum atomic E-state index is -0.837. The maximum atomic E-state index is 13.3. The van der Waals surface area contributed by atoms with Crippen molar-refractivity contribution in [3.63, 3.8) is 0 Å². The normalized spacial score (nSPS) is 18.2. The second-order valence-corrected chi connectivity index (χ2v) is 10.4. The zero-order chi connectivity index (χ0) is 24.1. The number of aromatic hydroxyl groups is 1. The highest BCUT2D eigenvalue weighted by atomic mass is 32.1. The molecule has 0 aliphatic carbocycles. The molecule has 170 valence electrons. The SMILES string of the molecule is Cc1ccc(C(C)(C)C)cc1/C(O)=C1\C(=O)C(=O)N(c2ccccc2O)C1c1sccc1C. The summed E-state index contributed by atoms with van der Waals surface area (Å²) in [4.78, 5) is 28.7. The highest BCUT2D eigenvalue weighted by Crippen LogP contribution is 2.47. The van der Waals surface area contributed by atoms with Crippen LogP contribution in [-0.2, 0) is 15.0 Å². The molecule has 1 aliphatic heterocycles. The Balaban J connectivity index is 2.00. The highest BCUT2D eigenvalue weighted by Gasteiger charge is 2.48. The van der Waals surface area contributed by atoms with Gasteiger partial charge in [-0.25, -0.2) is 0 Å². The van der Waals surface area contributed by atoms with Crippen LogP contribution in [0, 0.1) is 13.8 Å². The molecule has 2 N–H and O–H groups in total. The molecule has 33 heavy (non-hydrogen) atoms. The summed E-state index contributed by atoms with van der Waals surface area (Å²) in [6, 6.07) is 13.3. The topological polar surface area (TPSA) is 77.8 Å². The Kier molecular flexibility index (Phi) is 5.66. The average molecular weight is 462 g/mol. The molecular formula is C27H27NO4S. The third-order valence-electron chi connectivity index (χ3n) is 6.09. The van der Waals surface area contributed by atoms with Gasteiger partial charge >= 0.3 is 0 Å². The summed E-state index contributed by atoms with van der Waals surface area (Å²) in [6.45, 7) is 10.0. The van der Waals surface area contributed by atoms with E-state index in [1.165, 1.54) is 22.3 Å². The van der Waals surface area contributed by atoms with Crippen molar-refractivity contribution < 1.29 is 19.8 Å². The Bertz CT molecular complexity index is 1300. The minimum absolute atomic E-state index is 0.0305. The van der Waals surface area contributed by atoms with Crippen LogP contribution in [0.4, 0.5) is 5.69 Å². The number of aliphatic hydroxyl groups excluding tert-OH is 1. The first-order valence-corrected chi connectivity index (χ1v) is 11.6. The van der Waals surface area contributed by atoms with Crippen LogP contribution in [0.15, 0.2) is 59.5 Å². The number of para-hydroxylation sites is 2. The quantitative estimate of drug-likeness (QED) is 0.285. The fourth-order valence-electron chi connectivity index (χ4n) is 4.15. The van der Waals surface area contributed by atoms with Crippen molar-refractivity contribution in [3.05, 3.63) is 86.6 Å². The van der Waals surface area contributed by atoms with Crippen molar-refractivity contribution in [2.24, 2.45) is 0 Å². The second-order valence-electron chi connectivity index (χ2n) is 9.41. The molecule has 0 spiro atoms. The van der Waals surface area contributed by atoms with E-state index in [2.05, 4.69) is 20.8 Å². The molecule has 1 aliphatic rings. The maximum absolute atomic E-state index is 13.3. The number of hydrogen-bond donors (Lipinski definition) is 2. The third kappa shape index (κ3) is 3.85. The number of amides is 1. The predicted molar refractivity (Wildman–Crippen MR) is 132 cm³/mol. The lowest BCUT2D eigenvalue weighted by Crippen LogP contribution is -2.29. The third-order valence-corrected chi connectivity index (χ3v) is 7.17. The van der Waals surface area contributed by atoms with Gasteiger partial charge in [-0.2, -0.15) is 0 Å². The number of benzene rings is 2. The summed E-state index contributed by atoms with van der Waals surface area (Å²) < 4.78 is 0. The van der Waals surface area contributed by atoms with Gasteiger partial charge < -0.3 is 10.2 Å². The van der Waals surface area contributed by atoms with Crippen LogP contribution in [-0.4, -0.2) is 21.9 Å². The van der Waals surface area contributed by atoms with Crippen LogP contribution in [0.5, 0.6) is 5.75 Å². The molecule has 6 heteroatoms. The van der Waals surface area contributed by atoms with Gasteiger partial charge in [0, 0.05) is 10.4 Å². The molecule has 1 amide bonds.